The highest BCUT2D eigenvalue weighted by atomic mass is 32.1. The fourth-order valence-electron chi connectivity index (χ4n) is 3.31. The van der Waals surface area contributed by atoms with Crippen molar-refractivity contribution in [3.05, 3.63) is 40.4 Å². The summed E-state index contributed by atoms with van der Waals surface area (Å²) in [5.74, 6) is 0.0332. The van der Waals surface area contributed by atoms with Gasteiger partial charge in [-0.25, -0.2) is 0 Å². The van der Waals surface area contributed by atoms with Gasteiger partial charge in [-0.05, 0) is 30.4 Å². The van der Waals surface area contributed by atoms with Crippen LogP contribution in [0.1, 0.15) is 42.8 Å². The number of alkyl halides is 3. The van der Waals surface area contributed by atoms with Crippen LogP contribution in [-0.2, 0) is 27.5 Å². The molecule has 0 unspecified atom stereocenters. The minimum Gasteiger partial charge on any atom is -0.381 e. The lowest BCUT2D eigenvalue weighted by atomic mass is 9.73. The molecule has 2 heterocycles. The number of aromatic nitrogens is 2. The van der Waals surface area contributed by atoms with E-state index in [9.17, 15) is 18.0 Å². The third-order valence-corrected chi connectivity index (χ3v) is 5.65. The zero-order valence-electron chi connectivity index (χ0n) is 15.7. The predicted molar refractivity (Wildman–Crippen MR) is 100 cm³/mol. The third kappa shape index (κ3) is 4.52. The van der Waals surface area contributed by atoms with Gasteiger partial charge in [0.05, 0.1) is 11.0 Å². The Morgan fingerprint density at radius 2 is 2.00 bits per heavy atom. The van der Waals surface area contributed by atoms with E-state index in [-0.39, 0.29) is 5.91 Å². The van der Waals surface area contributed by atoms with Crippen LogP contribution in [0.15, 0.2) is 24.3 Å². The Morgan fingerprint density at radius 3 is 2.64 bits per heavy atom. The average Bonchev–Trinajstić information content (AvgIpc) is 3.07. The molecule has 2 aromatic rings. The van der Waals surface area contributed by atoms with Crippen LogP contribution in [0.3, 0.4) is 0 Å². The van der Waals surface area contributed by atoms with Gasteiger partial charge in [-0.15, -0.1) is 10.2 Å². The van der Waals surface area contributed by atoms with E-state index in [1.165, 1.54) is 17.4 Å². The summed E-state index contributed by atoms with van der Waals surface area (Å²) in [5, 5.41) is 12.0. The van der Waals surface area contributed by atoms with Crippen molar-refractivity contribution in [2.24, 2.45) is 5.92 Å². The van der Waals surface area contributed by atoms with Gasteiger partial charge in [0.25, 0.3) is 0 Å². The van der Waals surface area contributed by atoms with Gasteiger partial charge in [0.1, 0.15) is 5.01 Å². The molecule has 0 radical (unpaired) electrons. The highest BCUT2D eigenvalue weighted by Gasteiger charge is 2.43. The summed E-state index contributed by atoms with van der Waals surface area (Å²) >= 11 is 1.29. The highest BCUT2D eigenvalue weighted by Crippen LogP contribution is 2.39. The Balaban J connectivity index is 1.89. The fourth-order valence-corrected chi connectivity index (χ4v) is 4.26. The van der Waals surface area contributed by atoms with Crippen molar-refractivity contribution in [2.75, 3.05) is 18.5 Å². The molecule has 5 nitrogen and oxygen atoms in total. The van der Waals surface area contributed by atoms with Crippen LogP contribution in [0.4, 0.5) is 18.3 Å². The van der Waals surface area contributed by atoms with Gasteiger partial charge in [0, 0.05) is 19.6 Å². The molecule has 1 aliphatic heterocycles. The number of carbonyl (C=O) groups is 1. The van der Waals surface area contributed by atoms with Crippen LogP contribution in [0.2, 0.25) is 0 Å². The van der Waals surface area contributed by atoms with Gasteiger partial charge in [0.2, 0.25) is 11.0 Å². The molecule has 0 saturated carbocycles. The lowest BCUT2D eigenvalue weighted by Gasteiger charge is -2.36. The van der Waals surface area contributed by atoms with Gasteiger partial charge in [-0.3, -0.25) is 10.1 Å². The standard InChI is InChI=1S/C19H22F3N3O2S/c1-12(2)10-15-24-25-17(28-15)23-16(26)18(6-8-27-9-7-18)13-4-3-5-14(11-13)19(20,21)22/h3-5,11-12H,6-10H2,1-2H3,(H,23,25,26). The van der Waals surface area contributed by atoms with E-state index >= 15 is 0 Å². The van der Waals surface area contributed by atoms with Crippen LogP contribution in [0.25, 0.3) is 0 Å². The molecule has 1 fully saturated rings. The maximum atomic E-state index is 13.2. The van der Waals surface area contributed by atoms with Crippen molar-refractivity contribution < 1.29 is 22.7 Å². The summed E-state index contributed by atoms with van der Waals surface area (Å²) in [6.45, 7) is 4.73. The minimum atomic E-state index is -4.47. The molecule has 0 atom stereocenters. The monoisotopic (exact) mass is 413 g/mol. The lowest BCUT2D eigenvalue weighted by Crippen LogP contribution is -2.45. The zero-order valence-corrected chi connectivity index (χ0v) is 16.5. The number of hydrogen-bond donors (Lipinski definition) is 1. The quantitative estimate of drug-likeness (QED) is 0.787. The highest BCUT2D eigenvalue weighted by molar-refractivity contribution is 7.15. The number of halogens is 3. The third-order valence-electron chi connectivity index (χ3n) is 4.79. The molecule has 1 aliphatic rings. The van der Waals surface area contributed by atoms with E-state index in [1.807, 2.05) is 0 Å². The molecule has 3 rings (SSSR count). The SMILES string of the molecule is CC(C)Cc1nnc(NC(=O)C2(c3cccc(C(F)(F)F)c3)CCOCC2)s1. The number of nitrogens with one attached hydrogen (secondary N) is 1. The number of benzene rings is 1. The van der Waals surface area contributed by atoms with E-state index in [1.54, 1.807) is 6.07 Å². The van der Waals surface area contributed by atoms with Gasteiger partial charge in [-0.2, -0.15) is 13.2 Å². The van der Waals surface area contributed by atoms with Crippen LogP contribution in [0, 0.1) is 5.92 Å². The molecule has 0 aliphatic carbocycles. The molecule has 28 heavy (non-hydrogen) atoms. The normalized spacial score (nSPS) is 16.9. The molecule has 0 bridgehead atoms. The molecular weight excluding hydrogens is 391 g/mol. The minimum absolute atomic E-state index is 0.303. The molecule has 9 heteroatoms. The summed E-state index contributed by atoms with van der Waals surface area (Å²) in [6, 6.07) is 4.99. The van der Waals surface area contributed by atoms with E-state index in [0.29, 0.717) is 42.7 Å². The zero-order chi connectivity index (χ0) is 20.4. The Kier molecular flexibility index (Phi) is 6.04. The second-order valence-electron chi connectivity index (χ2n) is 7.33. The van der Waals surface area contributed by atoms with Crippen molar-refractivity contribution in [2.45, 2.75) is 44.7 Å². The molecule has 0 spiro atoms. The van der Waals surface area contributed by atoms with E-state index in [2.05, 4.69) is 29.4 Å². The first-order chi connectivity index (χ1) is 13.2. The number of rotatable bonds is 5. The number of ether oxygens (including phenoxy) is 1. The average molecular weight is 413 g/mol. The molecule has 1 amide bonds. The van der Waals surface area contributed by atoms with Crippen LogP contribution < -0.4 is 5.32 Å². The second kappa shape index (κ2) is 8.16. The van der Waals surface area contributed by atoms with Crippen LogP contribution in [0.5, 0.6) is 0 Å². The first-order valence-corrected chi connectivity index (χ1v) is 9.92. The topological polar surface area (TPSA) is 64.1 Å². The van der Waals surface area contributed by atoms with Crippen molar-refractivity contribution in [1.29, 1.82) is 0 Å². The Bertz CT molecular complexity index is 830. The maximum Gasteiger partial charge on any atom is 0.416 e. The molecule has 152 valence electrons. The number of carbonyl (C=O) groups excluding carboxylic acids is 1. The number of anilines is 1. The maximum absolute atomic E-state index is 13.2. The Labute approximate surface area is 165 Å². The number of amides is 1. The molecule has 1 saturated heterocycles. The van der Waals surface area contributed by atoms with E-state index < -0.39 is 17.2 Å². The second-order valence-corrected chi connectivity index (χ2v) is 8.39. The number of nitrogens with zero attached hydrogens (tertiary/aromatic N) is 2. The number of hydrogen-bond acceptors (Lipinski definition) is 5. The summed E-state index contributed by atoms with van der Waals surface area (Å²) in [5.41, 5.74) is -1.52. The van der Waals surface area contributed by atoms with Gasteiger partial charge in [0.15, 0.2) is 0 Å². The molecule has 1 aromatic heterocycles. The molecule has 1 aromatic carbocycles. The Morgan fingerprint density at radius 1 is 1.29 bits per heavy atom. The fraction of sp³-hybridized carbons (Fsp3) is 0.526. The van der Waals surface area contributed by atoms with Crippen molar-refractivity contribution in [3.63, 3.8) is 0 Å². The summed E-state index contributed by atoms with van der Waals surface area (Å²) in [7, 11) is 0. The van der Waals surface area contributed by atoms with E-state index in [4.69, 9.17) is 4.74 Å². The lowest BCUT2D eigenvalue weighted by molar-refractivity contribution is -0.138. The first-order valence-electron chi connectivity index (χ1n) is 9.10. The Hall–Kier alpha value is -2.00. The summed E-state index contributed by atoms with van der Waals surface area (Å²) in [6.07, 6.45) is -3.11. The van der Waals surface area contributed by atoms with Gasteiger partial charge >= 0.3 is 6.18 Å². The smallest absolute Gasteiger partial charge is 0.381 e. The van der Waals surface area contributed by atoms with Crippen LogP contribution in [-0.4, -0.2) is 29.3 Å². The van der Waals surface area contributed by atoms with Crippen molar-refractivity contribution in [1.82, 2.24) is 10.2 Å². The molecular formula is C19H22F3N3O2S. The first kappa shape index (κ1) is 20.7. The van der Waals surface area contributed by atoms with Crippen molar-refractivity contribution >= 4 is 22.4 Å². The largest absolute Gasteiger partial charge is 0.416 e. The van der Waals surface area contributed by atoms with Gasteiger partial charge < -0.3 is 4.74 Å². The van der Waals surface area contributed by atoms with Gasteiger partial charge in [-0.1, -0.05) is 43.4 Å². The summed E-state index contributed by atoms with van der Waals surface area (Å²) in [4.78, 5) is 13.2. The van der Waals surface area contributed by atoms with Crippen molar-refractivity contribution in [3.8, 4) is 0 Å². The predicted octanol–water partition coefficient (Wildman–Crippen LogP) is 4.44. The van der Waals surface area contributed by atoms with E-state index in [0.717, 1.165) is 23.6 Å². The van der Waals surface area contributed by atoms with Crippen LogP contribution >= 0.6 is 11.3 Å². The summed E-state index contributed by atoms with van der Waals surface area (Å²) < 4.78 is 44.9. The molecule has 1 N–H and O–H groups in total.